The van der Waals surface area contributed by atoms with Gasteiger partial charge >= 0.3 is 11.9 Å². The molecule has 0 aliphatic heterocycles. The Hall–Kier alpha value is -4.00. The summed E-state index contributed by atoms with van der Waals surface area (Å²) in [5.74, 6) is -1.26. The van der Waals surface area contributed by atoms with Crippen LogP contribution in [0.15, 0.2) is 42.5 Å². The van der Waals surface area contributed by atoms with Gasteiger partial charge in [-0.15, -0.1) is 0 Å². The molecule has 32 heavy (non-hydrogen) atoms. The van der Waals surface area contributed by atoms with Crippen LogP contribution >= 0.6 is 0 Å². The molecule has 2 heterocycles. The highest BCUT2D eigenvalue weighted by Crippen LogP contribution is 2.44. The fourth-order valence-corrected chi connectivity index (χ4v) is 4.92. The van der Waals surface area contributed by atoms with Gasteiger partial charge in [0.2, 0.25) is 0 Å². The van der Waals surface area contributed by atoms with Crippen LogP contribution in [0, 0.1) is 0 Å². The molecular weight excluding hydrogens is 408 g/mol. The smallest absolute Gasteiger partial charge is 0.335 e. The number of hydrogen-bond donors (Lipinski definition) is 2. The number of carboxylic acid groups (broad SMARTS) is 2. The van der Waals surface area contributed by atoms with Crippen molar-refractivity contribution in [2.75, 3.05) is 7.11 Å². The fourth-order valence-electron chi connectivity index (χ4n) is 4.92. The number of rotatable bonds is 5. The van der Waals surface area contributed by atoms with Crippen molar-refractivity contribution in [3.05, 3.63) is 53.6 Å². The number of fused-ring (bicyclic) bond motifs is 6. The van der Waals surface area contributed by atoms with E-state index in [2.05, 4.69) is 9.13 Å². The number of aromatic carboxylic acids is 2. The summed E-state index contributed by atoms with van der Waals surface area (Å²) in [4.78, 5) is 23.2. The molecule has 2 N–H and O–H groups in total. The topological polar surface area (TPSA) is 93.7 Å². The summed E-state index contributed by atoms with van der Waals surface area (Å²) in [6.07, 6.45) is 0. The highest BCUT2D eigenvalue weighted by atomic mass is 16.5. The summed E-state index contributed by atoms with van der Waals surface area (Å²) in [6, 6.07) is 12.3. The van der Waals surface area contributed by atoms with E-state index >= 15 is 0 Å². The molecule has 5 rings (SSSR count). The van der Waals surface area contributed by atoms with E-state index in [1.807, 2.05) is 32.0 Å². The van der Waals surface area contributed by atoms with Gasteiger partial charge in [-0.3, -0.25) is 0 Å². The van der Waals surface area contributed by atoms with Crippen molar-refractivity contribution in [3.63, 3.8) is 0 Å². The minimum atomic E-state index is -0.981. The first-order valence-corrected chi connectivity index (χ1v) is 10.5. The van der Waals surface area contributed by atoms with Crippen LogP contribution < -0.4 is 4.74 Å². The van der Waals surface area contributed by atoms with Gasteiger partial charge in [-0.1, -0.05) is 0 Å². The van der Waals surface area contributed by atoms with Gasteiger partial charge in [-0.25, -0.2) is 9.59 Å². The van der Waals surface area contributed by atoms with E-state index in [1.54, 1.807) is 31.4 Å². The molecule has 7 heteroatoms. The second kappa shape index (κ2) is 7.02. The van der Waals surface area contributed by atoms with Crippen molar-refractivity contribution in [3.8, 4) is 5.75 Å². The van der Waals surface area contributed by atoms with Crippen LogP contribution in [0.4, 0.5) is 0 Å². The van der Waals surface area contributed by atoms with Crippen LogP contribution in [0.25, 0.3) is 43.6 Å². The second-order valence-corrected chi connectivity index (χ2v) is 7.76. The van der Waals surface area contributed by atoms with Gasteiger partial charge < -0.3 is 24.1 Å². The molecule has 0 bridgehead atoms. The minimum absolute atomic E-state index is 0.218. The number of carbonyl (C=O) groups is 2. The number of nitrogens with zero attached hydrogens (tertiary/aromatic N) is 2. The largest absolute Gasteiger partial charge is 0.492 e. The zero-order chi connectivity index (χ0) is 22.7. The molecule has 0 amide bonds. The highest BCUT2D eigenvalue weighted by Gasteiger charge is 2.23. The lowest BCUT2D eigenvalue weighted by Gasteiger charge is -2.12. The standard InChI is InChI=1S/C25H22N2O5/c1-4-26-19-8-6-13(24(28)29)10-15(19)17-12-18-16-11-14(25(30)31)7-9-20(16)27(5-2)22(18)23(32-3)21(17)26/h6-12H,4-5H2,1-3H3,(H,28,29)(H,30,31). The van der Waals surface area contributed by atoms with Gasteiger partial charge in [0.05, 0.1) is 29.3 Å². The fraction of sp³-hybridized carbons (Fsp3) is 0.200. The summed E-state index contributed by atoms with van der Waals surface area (Å²) in [5.41, 5.74) is 4.09. The Bertz CT molecular complexity index is 1470. The van der Waals surface area contributed by atoms with Crippen LogP contribution in [0.1, 0.15) is 34.6 Å². The quantitative estimate of drug-likeness (QED) is 0.392. The van der Waals surface area contributed by atoms with E-state index in [4.69, 9.17) is 4.74 Å². The first-order chi connectivity index (χ1) is 15.4. The van der Waals surface area contributed by atoms with Crippen molar-refractivity contribution in [2.45, 2.75) is 26.9 Å². The molecule has 0 unspecified atom stereocenters. The number of aromatic nitrogens is 2. The molecule has 0 fully saturated rings. The molecule has 2 aromatic heterocycles. The molecule has 0 atom stereocenters. The van der Waals surface area contributed by atoms with Gasteiger partial charge in [0.25, 0.3) is 0 Å². The van der Waals surface area contributed by atoms with Crippen LogP contribution in [-0.2, 0) is 13.1 Å². The maximum atomic E-state index is 11.6. The molecule has 0 saturated heterocycles. The normalized spacial score (nSPS) is 11.7. The van der Waals surface area contributed by atoms with E-state index in [9.17, 15) is 19.8 Å². The van der Waals surface area contributed by atoms with Gasteiger partial charge in [-0.2, -0.15) is 0 Å². The lowest BCUT2D eigenvalue weighted by atomic mass is 10.0. The van der Waals surface area contributed by atoms with Gasteiger partial charge in [0.1, 0.15) is 0 Å². The second-order valence-electron chi connectivity index (χ2n) is 7.76. The van der Waals surface area contributed by atoms with E-state index in [-0.39, 0.29) is 11.1 Å². The lowest BCUT2D eigenvalue weighted by molar-refractivity contribution is 0.0686. The maximum absolute atomic E-state index is 11.6. The van der Waals surface area contributed by atoms with Gasteiger partial charge in [0.15, 0.2) is 5.75 Å². The SMILES string of the molecule is CCn1c2ccc(C(=O)O)cc2c2cc3c4cc(C(=O)O)ccc4n(CC)c3c(OC)c21. The molecule has 0 radical (unpaired) electrons. The lowest BCUT2D eigenvalue weighted by Crippen LogP contribution is -2.00. The average molecular weight is 430 g/mol. The summed E-state index contributed by atoms with van der Waals surface area (Å²) < 4.78 is 10.2. The van der Waals surface area contributed by atoms with Crippen LogP contribution in [-0.4, -0.2) is 38.4 Å². The summed E-state index contributed by atoms with van der Waals surface area (Å²) in [7, 11) is 1.63. The monoisotopic (exact) mass is 430 g/mol. The zero-order valence-corrected chi connectivity index (χ0v) is 18.0. The van der Waals surface area contributed by atoms with E-state index < -0.39 is 11.9 Å². The predicted molar refractivity (Wildman–Crippen MR) is 124 cm³/mol. The Morgan fingerprint density at radius 1 is 0.750 bits per heavy atom. The first-order valence-electron chi connectivity index (χ1n) is 10.5. The van der Waals surface area contributed by atoms with Gasteiger partial charge in [0, 0.05) is 45.7 Å². The number of hydrogen-bond acceptors (Lipinski definition) is 3. The summed E-state index contributed by atoms with van der Waals surface area (Å²) in [6.45, 7) is 5.46. The third kappa shape index (κ3) is 2.54. The molecular formula is C25H22N2O5. The van der Waals surface area contributed by atoms with Crippen molar-refractivity contribution in [2.24, 2.45) is 0 Å². The molecule has 162 valence electrons. The predicted octanol–water partition coefficient (Wildman–Crippen LogP) is 5.35. The Morgan fingerprint density at radius 3 is 1.53 bits per heavy atom. The highest BCUT2D eigenvalue weighted by molar-refractivity contribution is 6.22. The number of ether oxygens (including phenoxy) is 1. The molecule has 7 nitrogen and oxygen atoms in total. The van der Waals surface area contributed by atoms with Crippen molar-refractivity contribution in [1.82, 2.24) is 9.13 Å². The van der Waals surface area contributed by atoms with Crippen molar-refractivity contribution >= 4 is 55.6 Å². The average Bonchev–Trinajstić information content (AvgIpc) is 3.28. The number of methoxy groups -OCH3 is 1. The van der Waals surface area contributed by atoms with Crippen LogP contribution in [0.5, 0.6) is 5.75 Å². The molecule has 0 aliphatic rings. The molecule has 3 aromatic carbocycles. The Kier molecular flexibility index (Phi) is 4.37. The van der Waals surface area contributed by atoms with Crippen LogP contribution in [0.3, 0.4) is 0 Å². The first kappa shape index (κ1) is 19.9. The Labute approximate surface area is 183 Å². The third-order valence-corrected chi connectivity index (χ3v) is 6.25. The molecule has 0 saturated carbocycles. The number of benzene rings is 3. The summed E-state index contributed by atoms with van der Waals surface area (Å²) >= 11 is 0. The van der Waals surface area contributed by atoms with Gasteiger partial charge in [-0.05, 0) is 56.3 Å². The third-order valence-electron chi connectivity index (χ3n) is 6.25. The Balaban J connectivity index is 2.06. The van der Waals surface area contributed by atoms with E-state index in [1.165, 1.54) is 0 Å². The maximum Gasteiger partial charge on any atom is 0.335 e. The number of carboxylic acids is 2. The Morgan fingerprint density at radius 2 is 1.19 bits per heavy atom. The van der Waals surface area contributed by atoms with E-state index in [0.29, 0.717) is 18.8 Å². The summed E-state index contributed by atoms with van der Waals surface area (Å²) in [5, 5.41) is 22.5. The minimum Gasteiger partial charge on any atom is -0.492 e. The molecule has 0 spiro atoms. The van der Waals surface area contributed by atoms with Crippen molar-refractivity contribution < 1.29 is 24.5 Å². The molecule has 5 aromatic rings. The zero-order valence-electron chi connectivity index (χ0n) is 18.0. The van der Waals surface area contributed by atoms with Crippen molar-refractivity contribution in [1.29, 1.82) is 0 Å². The van der Waals surface area contributed by atoms with Crippen LogP contribution in [0.2, 0.25) is 0 Å². The molecule has 0 aliphatic carbocycles. The van der Waals surface area contributed by atoms with E-state index in [0.717, 1.165) is 43.6 Å². The number of aryl methyl sites for hydroxylation is 2.